The Balaban J connectivity index is -0.000000208. The molecule has 1 rings (SSSR count). The van der Waals surface area contributed by atoms with E-state index >= 15 is 0 Å². The van der Waals surface area contributed by atoms with Crippen molar-refractivity contribution in [3.8, 4) is 0 Å². The van der Waals surface area contributed by atoms with Gasteiger partial charge in [-0.2, -0.15) is 0 Å². The van der Waals surface area contributed by atoms with Crippen LogP contribution in [0, 0.1) is 0 Å². The monoisotopic (exact) mass is 388 g/mol. The van der Waals surface area contributed by atoms with Gasteiger partial charge in [-0.25, -0.2) is 0 Å². The first-order chi connectivity index (χ1) is 8.00. The molecule has 0 heterocycles. The summed E-state index contributed by atoms with van der Waals surface area (Å²) in [5.74, 6) is 0. The molecule has 0 aromatic heterocycles. The third kappa shape index (κ3) is 73.5. The van der Waals surface area contributed by atoms with Crippen LogP contribution in [0.1, 0.15) is 25.7 Å². The molecule has 0 amide bonds. The van der Waals surface area contributed by atoms with Crippen molar-refractivity contribution < 1.29 is 54.9 Å². The smallest absolute Gasteiger partial charge is 0.418 e. The summed E-state index contributed by atoms with van der Waals surface area (Å²) in [5, 5.41) is 0. The Kier molecular flexibility index (Phi) is 15.9. The van der Waals surface area contributed by atoms with Crippen LogP contribution in [0.25, 0.3) is 0 Å². The van der Waals surface area contributed by atoms with Gasteiger partial charge >= 0.3 is 34.9 Å². The molecule has 116 valence electrons. The fourth-order valence-electron chi connectivity index (χ4n) is 0.856. The van der Waals surface area contributed by atoms with Gasteiger partial charge in [-0.3, -0.25) is 0 Å². The van der Waals surface area contributed by atoms with E-state index in [1.54, 1.807) is 0 Å². The van der Waals surface area contributed by atoms with Gasteiger partial charge in [0.1, 0.15) is 0 Å². The molecular weight excluding hydrogens is 376 g/mol. The van der Waals surface area contributed by atoms with Gasteiger partial charge in [-0.05, 0) is 25.7 Å². The number of hydrogen-bond acceptors (Lipinski definition) is 0. The van der Waals surface area contributed by atoms with Crippen molar-refractivity contribution in [2.75, 3.05) is 0 Å². The normalized spacial score (nSPS) is 16.4. The fourth-order valence-corrected chi connectivity index (χ4v) is 0.856. The maximum atomic E-state index is 9.75. The zero-order valence-corrected chi connectivity index (χ0v) is 11.2. The molecule has 0 aliphatic heterocycles. The van der Waals surface area contributed by atoms with Crippen LogP contribution in [0.4, 0.5) is 34.5 Å². The van der Waals surface area contributed by atoms with Gasteiger partial charge < -0.3 is 34.5 Å². The van der Waals surface area contributed by atoms with Crippen molar-refractivity contribution in [1.29, 1.82) is 0 Å². The van der Waals surface area contributed by atoms with Crippen LogP contribution in [0.5, 0.6) is 0 Å². The Hall–Kier alpha value is -0.288. The van der Waals surface area contributed by atoms with Gasteiger partial charge in [-0.15, -0.1) is 0 Å². The van der Waals surface area contributed by atoms with E-state index in [-0.39, 0.29) is 20.4 Å². The summed E-state index contributed by atoms with van der Waals surface area (Å²) in [6.07, 6.45) is 14.0. The van der Waals surface area contributed by atoms with Crippen LogP contribution in [0.3, 0.4) is 0 Å². The molecule has 0 aromatic rings. The van der Waals surface area contributed by atoms with Crippen molar-refractivity contribution in [2.45, 2.75) is 25.7 Å². The Labute approximate surface area is 120 Å². The largest absolute Gasteiger partial charge is 2.00 e. The van der Waals surface area contributed by atoms with Crippen LogP contribution < -0.4 is 0 Å². The van der Waals surface area contributed by atoms with Crippen LogP contribution >= 0.6 is 0 Å². The summed E-state index contributed by atoms with van der Waals surface area (Å²) in [4.78, 5) is 0. The van der Waals surface area contributed by atoms with E-state index in [1.807, 2.05) is 0 Å². The van der Waals surface area contributed by atoms with Crippen molar-refractivity contribution in [2.24, 2.45) is 0 Å². The Morgan fingerprint density at radius 1 is 0.474 bits per heavy atom. The summed E-state index contributed by atoms with van der Waals surface area (Å²) in [6, 6.07) is 0. The summed E-state index contributed by atoms with van der Waals surface area (Å²) >= 11 is 0. The molecule has 0 unspecified atom stereocenters. The molecule has 0 radical (unpaired) electrons. The standard InChI is InChI=1S/C8H12.2BF4.Pd/c1-2-4-6-8-7-5-3-1;2*2-1(3,4)5;/h1-2,7-8H,3-6H2;;;/q;2*-1;+2/b2-1-,8-7?;;;. The minimum atomic E-state index is -6.00. The van der Waals surface area contributed by atoms with E-state index in [1.165, 1.54) is 25.7 Å². The molecule has 0 bridgehead atoms. The summed E-state index contributed by atoms with van der Waals surface area (Å²) in [6.45, 7) is 0. The minimum absolute atomic E-state index is 0. The van der Waals surface area contributed by atoms with E-state index in [9.17, 15) is 34.5 Å². The maximum Gasteiger partial charge on any atom is 2.00 e. The van der Waals surface area contributed by atoms with E-state index < -0.39 is 14.5 Å². The number of rotatable bonds is 0. The Morgan fingerprint density at radius 3 is 0.684 bits per heavy atom. The molecule has 0 atom stereocenters. The summed E-state index contributed by atoms with van der Waals surface area (Å²) < 4.78 is 78.0. The molecular formula is C8H12B2F8Pd. The molecule has 0 aromatic carbocycles. The number of allylic oxidation sites excluding steroid dienone is 4. The molecule has 19 heavy (non-hydrogen) atoms. The molecule has 1 aliphatic carbocycles. The van der Waals surface area contributed by atoms with Crippen LogP contribution in [-0.4, -0.2) is 14.5 Å². The van der Waals surface area contributed by atoms with Gasteiger partial charge in [0.05, 0.1) is 0 Å². The van der Waals surface area contributed by atoms with Gasteiger partial charge in [-0.1, -0.05) is 24.3 Å². The third-order valence-corrected chi connectivity index (χ3v) is 1.33. The molecule has 0 fully saturated rings. The maximum absolute atomic E-state index is 9.75. The molecule has 0 N–H and O–H groups in total. The van der Waals surface area contributed by atoms with E-state index in [2.05, 4.69) is 24.3 Å². The molecule has 0 saturated carbocycles. The van der Waals surface area contributed by atoms with Gasteiger partial charge in [0.25, 0.3) is 0 Å². The third-order valence-electron chi connectivity index (χ3n) is 1.33. The summed E-state index contributed by atoms with van der Waals surface area (Å²) in [7, 11) is -12.0. The zero-order chi connectivity index (χ0) is 14.7. The van der Waals surface area contributed by atoms with E-state index in [0.717, 1.165) is 0 Å². The Morgan fingerprint density at radius 2 is 0.579 bits per heavy atom. The average Bonchev–Trinajstić information content (AvgIpc) is 1.93. The number of halogens is 8. The second kappa shape index (κ2) is 12.7. The second-order valence-corrected chi connectivity index (χ2v) is 3.09. The average molecular weight is 388 g/mol. The quantitative estimate of drug-likeness (QED) is 0.301. The first-order valence-electron chi connectivity index (χ1n) is 5.05. The molecule has 11 heteroatoms. The topological polar surface area (TPSA) is 0 Å². The first-order valence-corrected chi connectivity index (χ1v) is 5.05. The minimum Gasteiger partial charge on any atom is -0.418 e. The molecule has 0 saturated heterocycles. The van der Waals surface area contributed by atoms with Crippen molar-refractivity contribution in [3.63, 3.8) is 0 Å². The fraction of sp³-hybridized carbons (Fsp3) is 0.500. The van der Waals surface area contributed by atoms with E-state index in [4.69, 9.17) is 0 Å². The van der Waals surface area contributed by atoms with Gasteiger partial charge in [0, 0.05) is 0 Å². The van der Waals surface area contributed by atoms with Gasteiger partial charge in [0.15, 0.2) is 0 Å². The zero-order valence-electron chi connectivity index (χ0n) is 9.63. The van der Waals surface area contributed by atoms with Crippen molar-refractivity contribution in [3.05, 3.63) is 24.3 Å². The Bertz CT molecular complexity index is 198. The summed E-state index contributed by atoms with van der Waals surface area (Å²) in [5.41, 5.74) is 0. The molecule has 1 aliphatic rings. The molecule has 0 spiro atoms. The van der Waals surface area contributed by atoms with Gasteiger partial charge in [0.2, 0.25) is 0 Å². The predicted octanol–water partition coefficient (Wildman–Crippen LogP) is 5.27. The predicted molar refractivity (Wildman–Crippen MR) is 57.1 cm³/mol. The van der Waals surface area contributed by atoms with Crippen molar-refractivity contribution in [1.82, 2.24) is 0 Å². The molecule has 0 nitrogen and oxygen atoms in total. The van der Waals surface area contributed by atoms with Crippen LogP contribution in [0.15, 0.2) is 24.3 Å². The second-order valence-electron chi connectivity index (χ2n) is 3.09. The number of hydrogen-bond donors (Lipinski definition) is 0. The van der Waals surface area contributed by atoms with Crippen molar-refractivity contribution >= 4 is 14.5 Å². The van der Waals surface area contributed by atoms with Crippen LogP contribution in [0.2, 0.25) is 0 Å². The first kappa shape index (κ1) is 23.8. The van der Waals surface area contributed by atoms with Crippen LogP contribution in [-0.2, 0) is 20.4 Å². The van der Waals surface area contributed by atoms with E-state index in [0.29, 0.717) is 0 Å². The SMILES string of the molecule is C1=CCC/C=C\CC1.F[B-](F)(F)F.F[B-](F)(F)F.[Pd+2].